The van der Waals surface area contributed by atoms with Crippen molar-refractivity contribution in [1.29, 1.82) is 0 Å². The van der Waals surface area contributed by atoms with Gasteiger partial charge in [-0.2, -0.15) is 0 Å². The first-order valence-electron chi connectivity index (χ1n) is 12.0. The second-order valence-electron chi connectivity index (χ2n) is 9.96. The van der Waals surface area contributed by atoms with Crippen LogP contribution in [0.15, 0.2) is 24.5 Å². The maximum absolute atomic E-state index is 11.7. The van der Waals surface area contributed by atoms with Gasteiger partial charge < -0.3 is 19.5 Å². The maximum atomic E-state index is 11.7. The van der Waals surface area contributed by atoms with Gasteiger partial charge >= 0.3 is 5.97 Å². The van der Waals surface area contributed by atoms with Gasteiger partial charge in [-0.05, 0) is 56.6 Å². The van der Waals surface area contributed by atoms with Crippen molar-refractivity contribution in [3.05, 3.63) is 35.8 Å². The lowest BCUT2D eigenvalue weighted by Crippen LogP contribution is -2.38. The smallest absolute Gasteiger partial charge is 0.307 e. The molecule has 0 spiro atoms. The Hall–Kier alpha value is -2.67. The number of rotatable bonds is 9. The highest BCUT2D eigenvalue weighted by Gasteiger charge is 2.29. The van der Waals surface area contributed by atoms with Gasteiger partial charge in [-0.25, -0.2) is 0 Å². The van der Waals surface area contributed by atoms with Crippen LogP contribution in [0.3, 0.4) is 0 Å². The van der Waals surface area contributed by atoms with E-state index in [9.17, 15) is 9.90 Å². The molecule has 1 N–H and O–H groups in total. The molecule has 1 saturated carbocycles. The van der Waals surface area contributed by atoms with E-state index < -0.39 is 5.97 Å². The van der Waals surface area contributed by atoms with Crippen LogP contribution >= 0.6 is 0 Å². The lowest BCUT2D eigenvalue weighted by Gasteiger charge is -2.40. The molecule has 3 heterocycles. The average molecular weight is 454 g/mol. The van der Waals surface area contributed by atoms with E-state index in [0.29, 0.717) is 30.5 Å². The van der Waals surface area contributed by atoms with Crippen LogP contribution in [-0.4, -0.2) is 53.5 Å². The topological polar surface area (TPSA) is 84.8 Å². The van der Waals surface area contributed by atoms with E-state index in [4.69, 9.17) is 9.47 Å². The molecule has 1 aliphatic carbocycles. The molecule has 7 nitrogen and oxygen atoms in total. The Kier molecular flexibility index (Phi) is 7.17. The summed E-state index contributed by atoms with van der Waals surface area (Å²) in [7, 11) is 0. The van der Waals surface area contributed by atoms with Gasteiger partial charge in [-0.1, -0.05) is 13.8 Å². The Morgan fingerprint density at radius 1 is 1.15 bits per heavy atom. The summed E-state index contributed by atoms with van der Waals surface area (Å²) in [6.07, 6.45) is 9.58. The molecule has 33 heavy (non-hydrogen) atoms. The van der Waals surface area contributed by atoms with Crippen molar-refractivity contribution in [3.8, 4) is 17.0 Å². The van der Waals surface area contributed by atoms with Gasteiger partial charge in [0.25, 0.3) is 0 Å². The summed E-state index contributed by atoms with van der Waals surface area (Å²) in [6, 6.07) is 3.84. The van der Waals surface area contributed by atoms with Gasteiger partial charge in [0.05, 0.1) is 36.7 Å². The summed E-state index contributed by atoms with van der Waals surface area (Å²) in [5, 5.41) is 9.56. The van der Waals surface area contributed by atoms with Gasteiger partial charge in [-0.15, -0.1) is 0 Å². The molecule has 0 atom stereocenters. The van der Waals surface area contributed by atoms with Crippen LogP contribution in [-0.2, 0) is 16.0 Å². The van der Waals surface area contributed by atoms with Crippen LogP contribution in [0, 0.1) is 12.3 Å². The van der Waals surface area contributed by atoms with E-state index >= 15 is 0 Å². The molecule has 0 unspecified atom stereocenters. The molecule has 178 valence electrons. The minimum Gasteiger partial charge on any atom is -0.490 e. The molecular formula is C26H35N3O4. The Labute approximate surface area is 196 Å². The Morgan fingerprint density at radius 3 is 2.52 bits per heavy atom. The van der Waals surface area contributed by atoms with Crippen molar-refractivity contribution in [1.82, 2.24) is 9.97 Å². The average Bonchev–Trinajstić information content (AvgIpc) is 2.74. The molecule has 0 radical (unpaired) electrons. The third-order valence-corrected chi connectivity index (χ3v) is 6.90. The van der Waals surface area contributed by atoms with E-state index in [1.807, 2.05) is 25.3 Å². The largest absolute Gasteiger partial charge is 0.490 e. The van der Waals surface area contributed by atoms with E-state index in [-0.39, 0.29) is 6.42 Å². The fourth-order valence-corrected chi connectivity index (χ4v) is 4.42. The van der Waals surface area contributed by atoms with Crippen LogP contribution in [0.4, 0.5) is 5.69 Å². The summed E-state index contributed by atoms with van der Waals surface area (Å²) < 4.78 is 11.5. The van der Waals surface area contributed by atoms with Gasteiger partial charge in [-0.3, -0.25) is 14.8 Å². The highest BCUT2D eigenvalue weighted by molar-refractivity contribution is 5.83. The zero-order valence-corrected chi connectivity index (χ0v) is 20.0. The van der Waals surface area contributed by atoms with Gasteiger partial charge in [0.1, 0.15) is 12.4 Å². The summed E-state index contributed by atoms with van der Waals surface area (Å²) in [5.74, 6) is -0.153. The number of pyridine rings is 2. The number of carbonyl (C=O) groups is 1. The summed E-state index contributed by atoms with van der Waals surface area (Å²) >= 11 is 0. The van der Waals surface area contributed by atoms with Crippen LogP contribution in [0.1, 0.15) is 57.2 Å². The lowest BCUT2D eigenvalue weighted by molar-refractivity contribution is -0.136. The number of hydrogen-bond donors (Lipinski definition) is 1. The normalized spacial score (nSPS) is 18.1. The maximum Gasteiger partial charge on any atom is 0.307 e. The third kappa shape index (κ3) is 5.82. The van der Waals surface area contributed by atoms with Gasteiger partial charge in [0.2, 0.25) is 0 Å². The van der Waals surface area contributed by atoms with E-state index in [0.717, 1.165) is 67.0 Å². The number of aryl methyl sites for hydroxylation is 1. The van der Waals surface area contributed by atoms with Crippen molar-refractivity contribution in [2.24, 2.45) is 5.41 Å². The minimum atomic E-state index is -0.850. The zero-order valence-electron chi connectivity index (χ0n) is 20.0. The molecule has 2 aromatic rings. The number of ether oxygens (including phenoxy) is 2. The zero-order chi connectivity index (χ0) is 23.4. The van der Waals surface area contributed by atoms with Crippen molar-refractivity contribution >= 4 is 11.7 Å². The molecule has 1 saturated heterocycles. The highest BCUT2D eigenvalue weighted by atomic mass is 16.5. The predicted octanol–water partition coefficient (Wildman–Crippen LogP) is 4.65. The molecule has 0 amide bonds. The number of aromatic nitrogens is 2. The number of aliphatic carboxylic acids is 1. The SMILES string of the molecule is Cc1ncc(-c2ccc(OCCOC3CCC3)cn2)c(N2CCC(C)(C)CC2)c1CC(=O)O. The van der Waals surface area contributed by atoms with Crippen molar-refractivity contribution in [2.75, 3.05) is 31.2 Å². The predicted molar refractivity (Wildman–Crippen MR) is 128 cm³/mol. The van der Waals surface area contributed by atoms with Gasteiger partial charge in [0.15, 0.2) is 0 Å². The molecule has 2 aliphatic rings. The molecule has 0 aromatic carbocycles. The minimum absolute atomic E-state index is 0.0515. The lowest BCUT2D eigenvalue weighted by atomic mass is 9.82. The molecule has 7 heteroatoms. The molecule has 4 rings (SSSR count). The van der Waals surface area contributed by atoms with E-state index in [1.165, 1.54) is 6.42 Å². The quantitative estimate of drug-likeness (QED) is 0.553. The molecular weight excluding hydrogens is 418 g/mol. The molecule has 2 fully saturated rings. The van der Waals surface area contributed by atoms with Gasteiger partial charge in [0, 0.05) is 36.1 Å². The first-order chi connectivity index (χ1) is 15.8. The number of hydrogen-bond acceptors (Lipinski definition) is 6. The first-order valence-corrected chi connectivity index (χ1v) is 12.0. The first kappa shape index (κ1) is 23.5. The third-order valence-electron chi connectivity index (χ3n) is 6.90. The monoisotopic (exact) mass is 453 g/mol. The van der Waals surface area contributed by atoms with Crippen LogP contribution < -0.4 is 9.64 Å². The number of carboxylic acid groups (broad SMARTS) is 1. The number of nitrogens with zero attached hydrogens (tertiary/aromatic N) is 3. The number of carboxylic acids is 1. The van der Waals surface area contributed by atoms with Crippen LogP contribution in [0.5, 0.6) is 5.75 Å². The molecule has 2 aromatic heterocycles. The summed E-state index contributed by atoms with van der Waals surface area (Å²) in [4.78, 5) is 23.1. The second kappa shape index (κ2) is 10.1. The Balaban J connectivity index is 1.55. The fraction of sp³-hybridized carbons (Fsp3) is 0.577. The number of piperidine rings is 1. The standard InChI is InChI=1S/C26H35N3O4/c1-18-21(15-24(30)31)25(29-11-9-26(2,3)10-12-29)22(17-27-18)23-8-7-20(16-28-23)33-14-13-32-19-5-4-6-19/h7-8,16-17,19H,4-6,9-15H2,1-3H3,(H,30,31). The highest BCUT2D eigenvalue weighted by Crippen LogP contribution is 2.39. The molecule has 0 bridgehead atoms. The summed E-state index contributed by atoms with van der Waals surface area (Å²) in [6.45, 7) is 9.33. The van der Waals surface area contributed by atoms with Crippen LogP contribution in [0.2, 0.25) is 0 Å². The van der Waals surface area contributed by atoms with Crippen molar-refractivity contribution < 1.29 is 19.4 Å². The van der Waals surface area contributed by atoms with E-state index in [2.05, 4.69) is 28.7 Å². The molecule has 1 aliphatic heterocycles. The fourth-order valence-electron chi connectivity index (χ4n) is 4.42. The number of anilines is 1. The summed E-state index contributed by atoms with van der Waals surface area (Å²) in [5.41, 5.74) is 4.42. The Morgan fingerprint density at radius 2 is 1.91 bits per heavy atom. The second-order valence-corrected chi connectivity index (χ2v) is 9.96. The Bertz CT molecular complexity index is 960. The van der Waals surface area contributed by atoms with Crippen molar-refractivity contribution in [3.63, 3.8) is 0 Å². The van der Waals surface area contributed by atoms with Crippen molar-refractivity contribution in [2.45, 2.75) is 65.4 Å². The van der Waals surface area contributed by atoms with Crippen LogP contribution in [0.25, 0.3) is 11.3 Å². The van der Waals surface area contributed by atoms with E-state index in [1.54, 1.807) is 6.20 Å².